The molecule has 144 valence electrons. The molecule has 7 heteroatoms. The number of hydrogen-bond acceptors (Lipinski definition) is 4. The average molecular weight is 422 g/mol. The topological polar surface area (TPSA) is 78.6 Å². The van der Waals surface area contributed by atoms with Gasteiger partial charge in [0.1, 0.15) is 0 Å². The van der Waals surface area contributed by atoms with Crippen LogP contribution in [0.4, 0.5) is 0 Å². The molecule has 29 heavy (non-hydrogen) atoms. The second-order valence-corrected chi connectivity index (χ2v) is 8.40. The van der Waals surface area contributed by atoms with Crippen molar-refractivity contribution < 1.29 is 0 Å². The molecule has 0 aliphatic heterocycles. The Morgan fingerprint density at radius 1 is 0.966 bits per heavy atom. The monoisotopic (exact) mass is 421 g/mol. The van der Waals surface area contributed by atoms with Gasteiger partial charge in [-0.3, -0.25) is 9.59 Å². The van der Waals surface area contributed by atoms with Crippen LogP contribution in [0.1, 0.15) is 17.7 Å². The van der Waals surface area contributed by atoms with Crippen molar-refractivity contribution in [2.45, 2.75) is 29.3 Å². The molecule has 5 rings (SSSR count). The quantitative estimate of drug-likeness (QED) is 0.475. The SMILES string of the molecule is O=c1[nH]c(Sc2c(-c3ccccc3)c3cc(Cl)ccc3[nH]c2=O)nc2c1CCC2. The molecule has 0 unspecified atom stereocenters. The van der Waals surface area contributed by atoms with Crippen molar-refractivity contribution >= 4 is 34.3 Å². The minimum atomic E-state index is -0.230. The van der Waals surface area contributed by atoms with E-state index in [4.69, 9.17) is 11.6 Å². The smallest absolute Gasteiger partial charge is 0.263 e. The molecular formula is C22H16ClN3O2S. The Labute approximate surface area is 175 Å². The summed E-state index contributed by atoms with van der Waals surface area (Å²) in [5.74, 6) is 0. The maximum atomic E-state index is 13.0. The lowest BCUT2D eigenvalue weighted by atomic mass is 10.0. The van der Waals surface area contributed by atoms with E-state index in [1.54, 1.807) is 12.1 Å². The van der Waals surface area contributed by atoms with Crippen LogP contribution in [0, 0.1) is 0 Å². The first-order chi connectivity index (χ1) is 14.1. The number of H-pyrrole nitrogens is 2. The summed E-state index contributed by atoms with van der Waals surface area (Å²) in [6.45, 7) is 0. The number of hydrogen-bond donors (Lipinski definition) is 2. The van der Waals surface area contributed by atoms with Gasteiger partial charge in [0.2, 0.25) is 0 Å². The Balaban J connectivity index is 1.76. The van der Waals surface area contributed by atoms with Crippen molar-refractivity contribution in [2.75, 3.05) is 0 Å². The zero-order valence-corrected chi connectivity index (χ0v) is 16.9. The summed E-state index contributed by atoms with van der Waals surface area (Å²) in [5.41, 5.74) is 3.63. The van der Waals surface area contributed by atoms with Crippen LogP contribution in [0.2, 0.25) is 5.02 Å². The molecule has 0 radical (unpaired) electrons. The predicted molar refractivity (Wildman–Crippen MR) is 116 cm³/mol. The normalized spacial score (nSPS) is 13.0. The molecule has 1 aliphatic carbocycles. The van der Waals surface area contributed by atoms with E-state index in [1.807, 2.05) is 36.4 Å². The van der Waals surface area contributed by atoms with Crippen LogP contribution in [-0.4, -0.2) is 15.0 Å². The summed E-state index contributed by atoms with van der Waals surface area (Å²) in [4.78, 5) is 36.3. The molecule has 5 nitrogen and oxygen atoms in total. The van der Waals surface area contributed by atoms with Crippen molar-refractivity contribution in [3.05, 3.63) is 85.5 Å². The van der Waals surface area contributed by atoms with Gasteiger partial charge in [0.15, 0.2) is 5.16 Å². The fourth-order valence-corrected chi connectivity index (χ4v) is 4.94. The van der Waals surface area contributed by atoms with Gasteiger partial charge in [-0.05, 0) is 54.8 Å². The maximum absolute atomic E-state index is 13.0. The third kappa shape index (κ3) is 3.28. The minimum absolute atomic E-state index is 0.114. The molecular weight excluding hydrogens is 406 g/mol. The molecule has 0 saturated carbocycles. The third-order valence-electron chi connectivity index (χ3n) is 5.11. The molecule has 1 aliphatic rings. The van der Waals surface area contributed by atoms with Crippen LogP contribution >= 0.6 is 23.4 Å². The number of aromatic nitrogens is 3. The van der Waals surface area contributed by atoms with Gasteiger partial charge in [-0.15, -0.1) is 0 Å². The lowest BCUT2D eigenvalue weighted by Gasteiger charge is -2.13. The van der Waals surface area contributed by atoms with E-state index >= 15 is 0 Å². The predicted octanol–water partition coefficient (Wildman–Crippen LogP) is 4.57. The van der Waals surface area contributed by atoms with Gasteiger partial charge in [-0.2, -0.15) is 0 Å². The third-order valence-corrected chi connectivity index (χ3v) is 6.33. The number of pyridine rings is 1. The number of benzene rings is 2. The maximum Gasteiger partial charge on any atom is 0.263 e. The summed E-state index contributed by atoms with van der Waals surface area (Å²) < 4.78 is 0. The number of halogens is 1. The summed E-state index contributed by atoms with van der Waals surface area (Å²) >= 11 is 7.44. The first-order valence-electron chi connectivity index (χ1n) is 9.31. The highest BCUT2D eigenvalue weighted by atomic mass is 35.5. The highest BCUT2D eigenvalue weighted by molar-refractivity contribution is 7.99. The van der Waals surface area contributed by atoms with Crippen molar-refractivity contribution in [1.29, 1.82) is 0 Å². The number of nitrogens with one attached hydrogen (secondary N) is 2. The number of nitrogens with zero attached hydrogens (tertiary/aromatic N) is 1. The van der Waals surface area contributed by atoms with E-state index in [1.165, 1.54) is 11.8 Å². The first-order valence-corrected chi connectivity index (χ1v) is 10.5. The van der Waals surface area contributed by atoms with Gasteiger partial charge in [-0.1, -0.05) is 41.9 Å². The van der Waals surface area contributed by atoms with Crippen molar-refractivity contribution in [2.24, 2.45) is 0 Å². The lowest BCUT2D eigenvalue weighted by Crippen LogP contribution is -2.16. The van der Waals surface area contributed by atoms with Crippen molar-refractivity contribution in [1.82, 2.24) is 15.0 Å². The van der Waals surface area contributed by atoms with Crippen molar-refractivity contribution in [3.8, 4) is 11.1 Å². The number of aryl methyl sites for hydroxylation is 1. The Bertz CT molecular complexity index is 1360. The van der Waals surface area contributed by atoms with Crippen LogP contribution in [-0.2, 0) is 12.8 Å². The second kappa shape index (κ2) is 7.21. The summed E-state index contributed by atoms with van der Waals surface area (Å²) in [5, 5.41) is 1.86. The van der Waals surface area contributed by atoms with Gasteiger partial charge >= 0.3 is 0 Å². The summed E-state index contributed by atoms with van der Waals surface area (Å²) in [6.07, 6.45) is 2.48. The zero-order valence-electron chi connectivity index (χ0n) is 15.3. The van der Waals surface area contributed by atoms with Crippen LogP contribution in [0.15, 0.2) is 68.2 Å². The second-order valence-electron chi connectivity index (χ2n) is 6.97. The van der Waals surface area contributed by atoms with E-state index in [-0.39, 0.29) is 11.1 Å². The molecule has 0 bridgehead atoms. The molecule has 4 aromatic rings. The Hall–Kier alpha value is -2.83. The zero-order chi connectivity index (χ0) is 20.0. The fraction of sp³-hybridized carbons (Fsp3) is 0.136. The molecule has 2 N–H and O–H groups in total. The highest BCUT2D eigenvalue weighted by Gasteiger charge is 2.21. The van der Waals surface area contributed by atoms with Crippen LogP contribution in [0.25, 0.3) is 22.0 Å². The average Bonchev–Trinajstić information content (AvgIpc) is 3.19. The van der Waals surface area contributed by atoms with Gasteiger partial charge in [0, 0.05) is 27.1 Å². The first kappa shape index (κ1) is 18.2. The molecule has 0 saturated heterocycles. The highest BCUT2D eigenvalue weighted by Crippen LogP contribution is 2.37. The van der Waals surface area contributed by atoms with E-state index in [2.05, 4.69) is 15.0 Å². The molecule has 0 spiro atoms. The molecule has 0 atom stereocenters. The van der Waals surface area contributed by atoms with Gasteiger partial charge in [0.05, 0.1) is 10.6 Å². The summed E-state index contributed by atoms with van der Waals surface area (Å²) in [6, 6.07) is 15.1. The molecule has 0 amide bonds. The Morgan fingerprint density at radius 2 is 1.79 bits per heavy atom. The molecule has 2 aromatic heterocycles. The largest absolute Gasteiger partial charge is 0.321 e. The standard InChI is InChI=1S/C22H16ClN3O2S/c23-13-9-10-17-15(11-13)18(12-5-2-1-3-6-12)19(21(28)24-17)29-22-25-16-8-4-7-14(16)20(27)26-22/h1-3,5-6,9-11H,4,7-8H2,(H,24,28)(H,25,26,27). The van der Waals surface area contributed by atoms with E-state index in [0.717, 1.165) is 47.0 Å². The summed E-state index contributed by atoms with van der Waals surface area (Å²) in [7, 11) is 0. The van der Waals surface area contributed by atoms with E-state index in [9.17, 15) is 9.59 Å². The van der Waals surface area contributed by atoms with Crippen LogP contribution in [0.3, 0.4) is 0 Å². The number of fused-ring (bicyclic) bond motifs is 2. The molecule has 0 fully saturated rings. The molecule has 2 heterocycles. The van der Waals surface area contributed by atoms with Gasteiger partial charge in [-0.25, -0.2) is 4.98 Å². The van der Waals surface area contributed by atoms with Gasteiger partial charge in [0.25, 0.3) is 11.1 Å². The Kier molecular flexibility index (Phi) is 4.53. The van der Waals surface area contributed by atoms with E-state index in [0.29, 0.717) is 20.6 Å². The van der Waals surface area contributed by atoms with Crippen molar-refractivity contribution in [3.63, 3.8) is 0 Å². The fourth-order valence-electron chi connectivity index (χ4n) is 3.80. The minimum Gasteiger partial charge on any atom is -0.321 e. The molecule has 2 aromatic carbocycles. The van der Waals surface area contributed by atoms with Gasteiger partial charge < -0.3 is 9.97 Å². The van der Waals surface area contributed by atoms with Crippen LogP contribution in [0.5, 0.6) is 0 Å². The number of aromatic amines is 2. The van der Waals surface area contributed by atoms with Crippen LogP contribution < -0.4 is 11.1 Å². The Morgan fingerprint density at radius 3 is 2.62 bits per heavy atom. The van der Waals surface area contributed by atoms with E-state index < -0.39 is 0 Å². The number of rotatable bonds is 3. The lowest BCUT2D eigenvalue weighted by molar-refractivity contribution is 0.869.